The van der Waals surface area contributed by atoms with Crippen LogP contribution in [0.5, 0.6) is 0 Å². The van der Waals surface area contributed by atoms with Crippen LogP contribution >= 0.6 is 0 Å². The second-order valence-corrected chi connectivity index (χ2v) is 13.3. The summed E-state index contributed by atoms with van der Waals surface area (Å²) in [6, 6.07) is 17.7. The number of carbonyl (C=O) groups is 2. The monoisotopic (exact) mass is 659 g/mol. The summed E-state index contributed by atoms with van der Waals surface area (Å²) < 4.78 is 18.1. The summed E-state index contributed by atoms with van der Waals surface area (Å²) >= 11 is 0. The molecule has 1 fully saturated rings. The van der Waals surface area contributed by atoms with E-state index in [0.717, 1.165) is 43.2 Å². The second kappa shape index (κ2) is 17.5. The molecule has 0 radical (unpaired) electrons. The van der Waals surface area contributed by atoms with Gasteiger partial charge in [-0.15, -0.1) is 0 Å². The average Bonchev–Trinajstić information content (AvgIpc) is 3.05. The highest BCUT2D eigenvalue weighted by Gasteiger charge is 2.56. The smallest absolute Gasteiger partial charge is 0.364 e. The van der Waals surface area contributed by atoms with E-state index in [1.54, 1.807) is 0 Å². The van der Waals surface area contributed by atoms with E-state index in [1.807, 2.05) is 81.4 Å². The molecule has 2 aromatic rings. The normalized spacial score (nSPS) is 23.2. The molecule has 0 saturated carbocycles. The summed E-state index contributed by atoms with van der Waals surface area (Å²) in [5, 5.41) is 54.8. The van der Waals surface area contributed by atoms with Crippen LogP contribution < -0.4 is 5.32 Å². The van der Waals surface area contributed by atoms with E-state index in [1.165, 1.54) is 0 Å². The predicted octanol–water partition coefficient (Wildman–Crippen LogP) is 3.50. The Bertz CT molecular complexity index is 1200. The van der Waals surface area contributed by atoms with Crippen LogP contribution in [0.2, 0.25) is 0 Å². The van der Waals surface area contributed by atoms with Gasteiger partial charge in [0.2, 0.25) is 5.91 Å². The Hall–Kier alpha value is -2.90. The summed E-state index contributed by atoms with van der Waals surface area (Å²) in [6.07, 6.45) is -1.80. The van der Waals surface area contributed by atoms with Crippen molar-refractivity contribution in [3.63, 3.8) is 0 Å². The van der Waals surface area contributed by atoms with Gasteiger partial charge in [0.15, 0.2) is 0 Å². The molecular formula is C36H53NO10. The van der Waals surface area contributed by atoms with E-state index in [9.17, 15) is 35.1 Å². The first-order chi connectivity index (χ1) is 22.3. The third kappa shape index (κ3) is 9.38. The fraction of sp³-hybridized carbons (Fsp3) is 0.611. The molecule has 3 rings (SSSR count). The number of aliphatic hydroxyl groups excluding tert-OH is 4. The highest BCUT2D eigenvalue weighted by molar-refractivity contribution is 5.78. The van der Waals surface area contributed by atoms with Crippen LogP contribution in [0.1, 0.15) is 83.8 Å². The molecule has 6 atom stereocenters. The molecule has 1 saturated heterocycles. The summed E-state index contributed by atoms with van der Waals surface area (Å²) in [7, 11) is 0. The zero-order valence-electron chi connectivity index (χ0n) is 28.0. The highest BCUT2D eigenvalue weighted by atomic mass is 16.7. The Morgan fingerprint density at radius 2 is 1.51 bits per heavy atom. The van der Waals surface area contributed by atoms with Gasteiger partial charge >= 0.3 is 5.97 Å². The fourth-order valence-corrected chi connectivity index (χ4v) is 6.32. The Labute approximate surface area is 277 Å². The number of carboxylic acid groups (broad SMARTS) is 1. The molecule has 262 valence electrons. The van der Waals surface area contributed by atoms with Gasteiger partial charge in [-0.3, -0.25) is 4.79 Å². The maximum absolute atomic E-state index is 13.6. The lowest BCUT2D eigenvalue weighted by atomic mass is 9.68. The van der Waals surface area contributed by atoms with Gasteiger partial charge < -0.3 is 45.1 Å². The number of ether oxygens (including phenoxy) is 3. The van der Waals surface area contributed by atoms with Crippen LogP contribution in [-0.4, -0.2) is 93.5 Å². The molecule has 1 aliphatic rings. The maximum atomic E-state index is 13.6. The van der Waals surface area contributed by atoms with Crippen molar-refractivity contribution in [2.45, 2.75) is 114 Å². The third-order valence-electron chi connectivity index (χ3n) is 8.81. The first-order valence-corrected chi connectivity index (χ1v) is 16.6. The molecule has 1 aliphatic heterocycles. The van der Waals surface area contributed by atoms with Crippen molar-refractivity contribution >= 4 is 11.9 Å². The summed E-state index contributed by atoms with van der Waals surface area (Å²) in [4.78, 5) is 26.0. The summed E-state index contributed by atoms with van der Waals surface area (Å²) in [5.41, 5.74) is 0.00640. The first kappa shape index (κ1) is 38.5. The Balaban J connectivity index is 1.84. The molecule has 2 unspecified atom stereocenters. The average molecular weight is 660 g/mol. The van der Waals surface area contributed by atoms with E-state index >= 15 is 0 Å². The molecule has 1 heterocycles. The number of hydrogen-bond acceptors (Lipinski definition) is 9. The predicted molar refractivity (Wildman–Crippen MR) is 175 cm³/mol. The number of unbranched alkanes of at least 4 members (excludes halogenated alkanes) is 5. The quantitative estimate of drug-likeness (QED) is 0.130. The standard InChI is InChI=1S/C36H53NO10/c1-5-6-7-8-9-16-21-45-35(33(43)44)22-27(39)30(32(47-35)31(42)28(40)23-38)37-29(41)24-46-36(34(2,3)4,25-17-12-10-13-18-25)26-19-14-11-15-20-26/h10-15,17-20,27-28,30-32,38-40,42H,5-9,16,21-24H2,1-4H3,(H,37,41)(H,43,44)/t27-,28?,30+,31?,32+,35+/m0/s1. The minimum atomic E-state index is -2.34. The Morgan fingerprint density at radius 1 is 0.957 bits per heavy atom. The first-order valence-electron chi connectivity index (χ1n) is 16.6. The number of carboxylic acids is 1. The summed E-state index contributed by atoms with van der Waals surface area (Å²) in [5.74, 6) is -4.54. The molecule has 11 heteroatoms. The van der Waals surface area contributed by atoms with Gasteiger partial charge in [-0.2, -0.15) is 0 Å². The SMILES string of the molecule is CCCCCCCCO[C@]1(C(=O)O)C[C@H](O)[C@@H](NC(=O)COC(c2ccccc2)(c2ccccc2)C(C)(C)C)[C@H](C(O)C(O)CO)O1. The number of nitrogens with one attached hydrogen (secondary N) is 1. The van der Waals surface area contributed by atoms with Crippen molar-refractivity contribution in [2.75, 3.05) is 19.8 Å². The zero-order chi connectivity index (χ0) is 34.7. The van der Waals surface area contributed by atoms with Gasteiger partial charge in [0.1, 0.15) is 30.5 Å². The van der Waals surface area contributed by atoms with Gasteiger partial charge in [0.25, 0.3) is 5.79 Å². The maximum Gasteiger partial charge on any atom is 0.364 e. The largest absolute Gasteiger partial charge is 0.477 e. The van der Waals surface area contributed by atoms with Crippen molar-refractivity contribution in [3.8, 4) is 0 Å². The number of amides is 1. The van der Waals surface area contributed by atoms with Crippen LogP contribution in [0, 0.1) is 5.41 Å². The minimum absolute atomic E-state index is 0.0231. The van der Waals surface area contributed by atoms with Gasteiger partial charge in [-0.05, 0) is 23.0 Å². The molecule has 6 N–H and O–H groups in total. The lowest BCUT2D eigenvalue weighted by Gasteiger charge is -2.47. The van der Waals surface area contributed by atoms with Gasteiger partial charge in [0, 0.05) is 6.42 Å². The molecule has 0 spiro atoms. The fourth-order valence-electron chi connectivity index (χ4n) is 6.32. The summed E-state index contributed by atoms with van der Waals surface area (Å²) in [6.45, 7) is 6.79. The Morgan fingerprint density at radius 3 is 2.02 bits per heavy atom. The van der Waals surface area contributed by atoms with E-state index in [-0.39, 0.29) is 6.61 Å². The van der Waals surface area contributed by atoms with E-state index in [0.29, 0.717) is 6.42 Å². The molecule has 0 aromatic heterocycles. The molecule has 2 aromatic carbocycles. The molecule has 0 aliphatic carbocycles. The van der Waals surface area contributed by atoms with Crippen molar-refractivity contribution in [3.05, 3.63) is 71.8 Å². The van der Waals surface area contributed by atoms with E-state index in [4.69, 9.17) is 14.2 Å². The molecule has 1 amide bonds. The van der Waals surface area contributed by atoms with Crippen molar-refractivity contribution in [2.24, 2.45) is 5.41 Å². The number of carbonyl (C=O) groups excluding carboxylic acids is 1. The third-order valence-corrected chi connectivity index (χ3v) is 8.81. The van der Waals surface area contributed by atoms with Crippen LogP contribution in [0.15, 0.2) is 60.7 Å². The van der Waals surface area contributed by atoms with Crippen LogP contribution in [0.3, 0.4) is 0 Å². The molecular weight excluding hydrogens is 606 g/mol. The lowest BCUT2D eigenvalue weighted by Crippen LogP contribution is -2.68. The topological polar surface area (TPSA) is 175 Å². The highest BCUT2D eigenvalue weighted by Crippen LogP contribution is 2.48. The number of hydrogen-bond donors (Lipinski definition) is 6. The Kier molecular flexibility index (Phi) is 14.3. The van der Waals surface area contributed by atoms with Gasteiger partial charge in [-0.25, -0.2) is 4.79 Å². The van der Waals surface area contributed by atoms with E-state index < -0.39 is 78.8 Å². The molecule has 11 nitrogen and oxygen atoms in total. The van der Waals surface area contributed by atoms with Crippen LogP contribution in [0.25, 0.3) is 0 Å². The van der Waals surface area contributed by atoms with Crippen LogP contribution in [0.4, 0.5) is 0 Å². The molecule has 0 bridgehead atoms. The number of aliphatic hydroxyl groups is 4. The van der Waals surface area contributed by atoms with Gasteiger partial charge in [0.05, 0.1) is 25.4 Å². The van der Waals surface area contributed by atoms with Crippen LogP contribution in [-0.2, 0) is 29.4 Å². The number of benzene rings is 2. The van der Waals surface area contributed by atoms with Crippen molar-refractivity contribution in [1.29, 1.82) is 0 Å². The van der Waals surface area contributed by atoms with E-state index in [2.05, 4.69) is 12.2 Å². The van der Waals surface area contributed by atoms with Crippen molar-refractivity contribution in [1.82, 2.24) is 5.32 Å². The van der Waals surface area contributed by atoms with Gasteiger partial charge in [-0.1, -0.05) is 120 Å². The molecule has 47 heavy (non-hydrogen) atoms. The minimum Gasteiger partial charge on any atom is -0.477 e. The second-order valence-electron chi connectivity index (χ2n) is 13.3. The number of rotatable bonds is 18. The zero-order valence-corrected chi connectivity index (χ0v) is 28.0. The lowest BCUT2D eigenvalue weighted by molar-refractivity contribution is -0.311. The number of aliphatic carboxylic acids is 1. The van der Waals surface area contributed by atoms with Crippen molar-refractivity contribution < 1.29 is 49.3 Å².